The van der Waals surface area contributed by atoms with E-state index in [1.165, 1.54) is 19.3 Å². The lowest BCUT2D eigenvalue weighted by molar-refractivity contribution is 0.100. The van der Waals surface area contributed by atoms with Crippen LogP contribution in [0.25, 0.3) is 0 Å². The van der Waals surface area contributed by atoms with Crippen LogP contribution in [0.4, 0.5) is 11.4 Å². The molecule has 0 aromatic heterocycles. The number of hydrogen-bond donors (Lipinski definition) is 3. The number of primary amides is 1. The molecule has 0 saturated heterocycles. The minimum Gasteiger partial charge on any atom is -0.397 e. The summed E-state index contributed by atoms with van der Waals surface area (Å²) in [4.78, 5) is 11.1. The molecule has 0 radical (unpaired) electrons. The van der Waals surface area contributed by atoms with Crippen LogP contribution < -0.4 is 16.8 Å². The van der Waals surface area contributed by atoms with Crippen LogP contribution in [0.3, 0.4) is 0 Å². The minimum absolute atomic E-state index is 0.424. The van der Waals surface area contributed by atoms with E-state index in [9.17, 15) is 4.79 Å². The zero-order chi connectivity index (χ0) is 13.1. The van der Waals surface area contributed by atoms with Gasteiger partial charge in [0.15, 0.2) is 0 Å². The van der Waals surface area contributed by atoms with Crippen LogP contribution in [0.5, 0.6) is 0 Å². The Morgan fingerprint density at radius 3 is 2.83 bits per heavy atom. The second-order valence-electron chi connectivity index (χ2n) is 5.33. The van der Waals surface area contributed by atoms with Gasteiger partial charge in [-0.05, 0) is 42.9 Å². The quantitative estimate of drug-likeness (QED) is 0.713. The molecule has 0 bridgehead atoms. The van der Waals surface area contributed by atoms with E-state index in [2.05, 4.69) is 12.2 Å². The van der Waals surface area contributed by atoms with Crippen LogP contribution in [0.2, 0.25) is 0 Å². The fourth-order valence-corrected chi connectivity index (χ4v) is 2.63. The smallest absolute Gasteiger partial charge is 0.248 e. The first kappa shape index (κ1) is 12.7. The Labute approximate surface area is 108 Å². The summed E-state index contributed by atoms with van der Waals surface area (Å²) in [6, 6.07) is 5.11. The molecule has 1 aliphatic carbocycles. The Morgan fingerprint density at radius 2 is 2.22 bits per heavy atom. The average Bonchev–Trinajstić information content (AvgIpc) is 2.74. The SMILES string of the molecule is CC1CCC(CNc2cc(C(N)=O)ccc2N)C1. The molecule has 2 atom stereocenters. The molecular formula is C14H21N3O. The van der Waals surface area contributed by atoms with Gasteiger partial charge in [0.2, 0.25) is 5.91 Å². The molecule has 1 aromatic carbocycles. The largest absolute Gasteiger partial charge is 0.397 e. The van der Waals surface area contributed by atoms with Crippen LogP contribution in [-0.4, -0.2) is 12.5 Å². The summed E-state index contributed by atoms with van der Waals surface area (Å²) in [5.41, 5.74) is 13.1. The number of anilines is 2. The molecule has 4 nitrogen and oxygen atoms in total. The summed E-state index contributed by atoms with van der Waals surface area (Å²) >= 11 is 0. The van der Waals surface area contributed by atoms with Crippen molar-refractivity contribution in [3.05, 3.63) is 23.8 Å². The molecule has 98 valence electrons. The monoisotopic (exact) mass is 247 g/mol. The van der Waals surface area contributed by atoms with Crippen molar-refractivity contribution in [3.8, 4) is 0 Å². The van der Waals surface area contributed by atoms with Crippen molar-refractivity contribution in [2.45, 2.75) is 26.2 Å². The predicted molar refractivity (Wildman–Crippen MR) is 74.4 cm³/mol. The maximum atomic E-state index is 11.1. The van der Waals surface area contributed by atoms with E-state index in [4.69, 9.17) is 11.5 Å². The number of amides is 1. The molecule has 1 aliphatic rings. The number of nitrogens with two attached hydrogens (primary N) is 2. The molecule has 0 heterocycles. The minimum atomic E-state index is -0.424. The number of nitrogen functional groups attached to an aromatic ring is 1. The number of nitrogens with one attached hydrogen (secondary N) is 1. The normalized spacial score (nSPS) is 22.9. The summed E-state index contributed by atoms with van der Waals surface area (Å²) < 4.78 is 0. The lowest BCUT2D eigenvalue weighted by atomic mass is 10.1. The highest BCUT2D eigenvalue weighted by atomic mass is 16.1. The van der Waals surface area contributed by atoms with Gasteiger partial charge in [-0.25, -0.2) is 0 Å². The van der Waals surface area contributed by atoms with Crippen molar-refractivity contribution >= 4 is 17.3 Å². The molecule has 0 aliphatic heterocycles. The van der Waals surface area contributed by atoms with E-state index in [0.29, 0.717) is 17.2 Å². The first-order chi connectivity index (χ1) is 8.56. The third-order valence-corrected chi connectivity index (χ3v) is 3.72. The zero-order valence-corrected chi connectivity index (χ0v) is 10.8. The Morgan fingerprint density at radius 1 is 1.44 bits per heavy atom. The van der Waals surface area contributed by atoms with E-state index in [1.807, 2.05) is 0 Å². The van der Waals surface area contributed by atoms with Crippen molar-refractivity contribution < 1.29 is 4.79 Å². The van der Waals surface area contributed by atoms with Gasteiger partial charge in [-0.1, -0.05) is 13.3 Å². The summed E-state index contributed by atoms with van der Waals surface area (Å²) in [7, 11) is 0. The lowest BCUT2D eigenvalue weighted by Crippen LogP contribution is -2.15. The highest BCUT2D eigenvalue weighted by molar-refractivity contribution is 5.94. The van der Waals surface area contributed by atoms with Crippen molar-refractivity contribution in [1.82, 2.24) is 0 Å². The van der Waals surface area contributed by atoms with Crippen molar-refractivity contribution in [3.63, 3.8) is 0 Å². The Bertz CT molecular complexity index is 445. The third-order valence-electron chi connectivity index (χ3n) is 3.72. The first-order valence-corrected chi connectivity index (χ1v) is 6.49. The van der Waals surface area contributed by atoms with E-state index < -0.39 is 5.91 Å². The zero-order valence-electron chi connectivity index (χ0n) is 10.8. The Balaban J connectivity index is 2.00. The van der Waals surface area contributed by atoms with Gasteiger partial charge in [-0.3, -0.25) is 4.79 Å². The molecule has 18 heavy (non-hydrogen) atoms. The number of benzene rings is 1. The third kappa shape index (κ3) is 2.94. The molecule has 2 unspecified atom stereocenters. The summed E-state index contributed by atoms with van der Waals surface area (Å²) in [6.45, 7) is 3.21. The summed E-state index contributed by atoms with van der Waals surface area (Å²) in [5, 5.41) is 3.34. The van der Waals surface area contributed by atoms with Gasteiger partial charge in [0.1, 0.15) is 0 Å². The first-order valence-electron chi connectivity index (χ1n) is 6.49. The summed E-state index contributed by atoms with van der Waals surface area (Å²) in [5.74, 6) is 1.11. The number of rotatable bonds is 4. The lowest BCUT2D eigenvalue weighted by Gasteiger charge is -2.14. The maximum absolute atomic E-state index is 11.1. The molecule has 5 N–H and O–H groups in total. The van der Waals surface area contributed by atoms with E-state index in [1.54, 1.807) is 18.2 Å². The second-order valence-corrected chi connectivity index (χ2v) is 5.33. The van der Waals surface area contributed by atoms with Crippen molar-refractivity contribution in [1.29, 1.82) is 0 Å². The molecule has 1 saturated carbocycles. The molecular weight excluding hydrogens is 226 g/mol. The van der Waals surface area contributed by atoms with Gasteiger partial charge >= 0.3 is 0 Å². The maximum Gasteiger partial charge on any atom is 0.248 e. The Hall–Kier alpha value is -1.71. The van der Waals surface area contributed by atoms with Gasteiger partial charge in [0.25, 0.3) is 0 Å². The standard InChI is InChI=1S/C14H21N3O/c1-9-2-3-10(6-9)8-17-13-7-11(14(16)18)4-5-12(13)15/h4-5,7,9-10,17H,2-3,6,8,15H2,1H3,(H2,16,18). The fourth-order valence-electron chi connectivity index (χ4n) is 2.63. The van der Waals surface area contributed by atoms with Crippen molar-refractivity contribution in [2.75, 3.05) is 17.6 Å². The van der Waals surface area contributed by atoms with Gasteiger partial charge in [0.05, 0.1) is 11.4 Å². The number of carbonyl (C=O) groups excluding carboxylic acids is 1. The van der Waals surface area contributed by atoms with Gasteiger partial charge in [-0.2, -0.15) is 0 Å². The van der Waals surface area contributed by atoms with Gasteiger partial charge < -0.3 is 16.8 Å². The van der Waals surface area contributed by atoms with Crippen molar-refractivity contribution in [2.24, 2.45) is 17.6 Å². The molecule has 2 rings (SSSR count). The number of carbonyl (C=O) groups is 1. The van der Waals surface area contributed by atoms with Gasteiger partial charge in [0, 0.05) is 12.1 Å². The number of hydrogen-bond acceptors (Lipinski definition) is 3. The van der Waals surface area contributed by atoms with E-state index >= 15 is 0 Å². The molecule has 1 amide bonds. The topological polar surface area (TPSA) is 81.1 Å². The highest BCUT2D eigenvalue weighted by Gasteiger charge is 2.21. The molecule has 1 aromatic rings. The fraction of sp³-hybridized carbons (Fsp3) is 0.500. The average molecular weight is 247 g/mol. The van der Waals surface area contributed by atoms with E-state index in [0.717, 1.165) is 18.2 Å². The molecule has 1 fully saturated rings. The highest BCUT2D eigenvalue weighted by Crippen LogP contribution is 2.31. The van der Waals surface area contributed by atoms with Crippen LogP contribution in [0, 0.1) is 11.8 Å². The molecule has 0 spiro atoms. The van der Waals surface area contributed by atoms with Crippen LogP contribution >= 0.6 is 0 Å². The van der Waals surface area contributed by atoms with Crippen LogP contribution in [0.15, 0.2) is 18.2 Å². The van der Waals surface area contributed by atoms with Gasteiger partial charge in [-0.15, -0.1) is 0 Å². The Kier molecular flexibility index (Phi) is 3.75. The van der Waals surface area contributed by atoms with Crippen LogP contribution in [0.1, 0.15) is 36.5 Å². The van der Waals surface area contributed by atoms with E-state index in [-0.39, 0.29) is 0 Å². The summed E-state index contributed by atoms with van der Waals surface area (Å²) in [6.07, 6.45) is 3.84. The predicted octanol–water partition coefficient (Wildman–Crippen LogP) is 2.22. The molecule has 4 heteroatoms. The van der Waals surface area contributed by atoms with Crippen LogP contribution in [-0.2, 0) is 0 Å². The second kappa shape index (κ2) is 5.29.